The van der Waals surface area contributed by atoms with Crippen LogP contribution in [0.5, 0.6) is 0 Å². The second-order valence-corrected chi connectivity index (χ2v) is 5.73. The lowest BCUT2D eigenvalue weighted by Gasteiger charge is -2.33. The Bertz CT molecular complexity index is 523. The molecule has 0 bridgehead atoms. The fourth-order valence-corrected chi connectivity index (χ4v) is 2.32. The van der Waals surface area contributed by atoms with E-state index in [0.29, 0.717) is 10.7 Å². The first-order valence-electron chi connectivity index (χ1n) is 7.10. The average molecular weight is 311 g/mol. The molecule has 1 rings (SSSR count). The van der Waals surface area contributed by atoms with Gasteiger partial charge in [0.15, 0.2) is 0 Å². The fourth-order valence-electron chi connectivity index (χ4n) is 2.13. The van der Waals surface area contributed by atoms with Crippen LogP contribution < -0.4 is 0 Å². The zero-order valence-corrected chi connectivity index (χ0v) is 14.1. The van der Waals surface area contributed by atoms with E-state index in [0.717, 1.165) is 18.7 Å². The average Bonchev–Trinajstić information content (AvgIpc) is 2.45. The Labute approximate surface area is 131 Å². The zero-order valence-electron chi connectivity index (χ0n) is 13.3. The summed E-state index contributed by atoms with van der Waals surface area (Å²) in [6.45, 7) is 11.0. The van der Waals surface area contributed by atoms with Crippen molar-refractivity contribution < 1.29 is 9.63 Å². The van der Waals surface area contributed by atoms with Crippen molar-refractivity contribution in [2.24, 2.45) is 5.16 Å². The molecule has 0 saturated heterocycles. The van der Waals surface area contributed by atoms with Gasteiger partial charge in [-0.1, -0.05) is 42.7 Å². The number of carbonyl (C=O) groups is 1. The minimum absolute atomic E-state index is 0.368. The summed E-state index contributed by atoms with van der Waals surface area (Å²) in [5, 5.41) is 4.56. The fraction of sp³-hybridized carbons (Fsp3) is 0.500. The normalized spacial score (nSPS) is 12.6. The molecular formula is C16H23ClN2O2. The van der Waals surface area contributed by atoms with Crippen LogP contribution in [0.2, 0.25) is 5.02 Å². The smallest absolute Gasteiger partial charge is 0.316 e. The van der Waals surface area contributed by atoms with Crippen LogP contribution in [0.3, 0.4) is 0 Å². The summed E-state index contributed by atoms with van der Waals surface area (Å²) < 4.78 is 0. The molecule has 4 nitrogen and oxygen atoms in total. The third-order valence-corrected chi connectivity index (χ3v) is 3.80. The quantitative estimate of drug-likeness (QED) is 0.457. The van der Waals surface area contributed by atoms with Crippen molar-refractivity contribution in [1.82, 2.24) is 4.90 Å². The van der Waals surface area contributed by atoms with Crippen molar-refractivity contribution in [3.63, 3.8) is 0 Å². The second-order valence-electron chi connectivity index (χ2n) is 5.30. The number of hydrogen-bond acceptors (Lipinski definition) is 4. The van der Waals surface area contributed by atoms with Crippen molar-refractivity contribution in [3.8, 4) is 0 Å². The highest BCUT2D eigenvalue weighted by molar-refractivity contribution is 6.31. The summed E-state index contributed by atoms with van der Waals surface area (Å²) in [4.78, 5) is 19.4. The van der Waals surface area contributed by atoms with Crippen LogP contribution in [0, 0.1) is 0 Å². The molecule has 21 heavy (non-hydrogen) atoms. The third kappa shape index (κ3) is 4.55. The first-order chi connectivity index (χ1) is 9.82. The molecule has 0 heterocycles. The Hall–Kier alpha value is -1.39. The molecule has 0 radical (unpaired) electrons. The van der Waals surface area contributed by atoms with Gasteiger partial charge in [-0.3, -0.25) is 4.90 Å². The molecule has 1 aromatic carbocycles. The highest BCUT2D eigenvalue weighted by atomic mass is 35.5. The molecule has 0 saturated carbocycles. The maximum atomic E-state index is 12.2. The molecule has 0 atom stereocenters. The van der Waals surface area contributed by atoms with Crippen molar-refractivity contribution in [2.75, 3.05) is 13.1 Å². The van der Waals surface area contributed by atoms with Gasteiger partial charge in [-0.25, -0.2) is 4.79 Å². The van der Waals surface area contributed by atoms with Gasteiger partial charge in [0.05, 0.1) is 5.71 Å². The Balaban J connectivity index is 2.81. The Kier molecular flexibility index (Phi) is 6.37. The van der Waals surface area contributed by atoms with Gasteiger partial charge in [0.2, 0.25) is 0 Å². The summed E-state index contributed by atoms with van der Waals surface area (Å²) in [6, 6.07) is 7.27. The molecule has 5 heteroatoms. The van der Waals surface area contributed by atoms with E-state index in [1.807, 2.05) is 44.7 Å². The standard InChI is InChI=1S/C16H23ClN2O2/c1-6-19(7-2)16(4,5)15(20)21-18-12(3)13-9-8-10-14(17)11-13/h8-11H,6-7H2,1-5H3. The molecule has 0 amide bonds. The van der Waals surface area contributed by atoms with Crippen LogP contribution in [0.4, 0.5) is 0 Å². The first kappa shape index (κ1) is 17.7. The van der Waals surface area contributed by atoms with Crippen molar-refractivity contribution in [3.05, 3.63) is 34.9 Å². The number of nitrogens with zero attached hydrogens (tertiary/aromatic N) is 2. The lowest BCUT2D eigenvalue weighted by Crippen LogP contribution is -2.50. The minimum atomic E-state index is -0.707. The van der Waals surface area contributed by atoms with E-state index in [9.17, 15) is 4.79 Å². The Morgan fingerprint density at radius 1 is 1.33 bits per heavy atom. The van der Waals surface area contributed by atoms with Gasteiger partial charge in [0.25, 0.3) is 0 Å². The molecular weight excluding hydrogens is 288 g/mol. The number of oxime groups is 1. The van der Waals surface area contributed by atoms with Gasteiger partial charge in [0.1, 0.15) is 5.54 Å². The van der Waals surface area contributed by atoms with Crippen molar-refractivity contribution in [1.29, 1.82) is 0 Å². The van der Waals surface area contributed by atoms with Crippen LogP contribution in [0.25, 0.3) is 0 Å². The number of carbonyl (C=O) groups excluding carboxylic acids is 1. The minimum Gasteiger partial charge on any atom is -0.316 e. The summed E-state index contributed by atoms with van der Waals surface area (Å²) in [6.07, 6.45) is 0. The monoisotopic (exact) mass is 310 g/mol. The van der Waals surface area contributed by atoms with E-state index < -0.39 is 5.54 Å². The van der Waals surface area contributed by atoms with Gasteiger partial charge in [0, 0.05) is 10.6 Å². The lowest BCUT2D eigenvalue weighted by molar-refractivity contribution is -0.156. The highest BCUT2D eigenvalue weighted by Gasteiger charge is 2.35. The largest absolute Gasteiger partial charge is 0.354 e. The maximum Gasteiger partial charge on any atom is 0.354 e. The zero-order chi connectivity index (χ0) is 16.0. The topological polar surface area (TPSA) is 41.9 Å². The molecule has 0 N–H and O–H groups in total. The molecule has 0 fully saturated rings. The SMILES string of the molecule is CCN(CC)C(C)(C)C(=O)ON=C(C)c1cccc(Cl)c1. The maximum absolute atomic E-state index is 12.2. The predicted molar refractivity (Wildman–Crippen MR) is 86.8 cm³/mol. The first-order valence-corrected chi connectivity index (χ1v) is 7.47. The van der Waals surface area contributed by atoms with E-state index in [1.165, 1.54) is 0 Å². The van der Waals surface area contributed by atoms with Crippen LogP contribution in [0.15, 0.2) is 29.4 Å². The third-order valence-electron chi connectivity index (χ3n) is 3.56. The molecule has 0 aliphatic heterocycles. The molecule has 116 valence electrons. The van der Waals surface area contributed by atoms with Gasteiger partial charge < -0.3 is 4.84 Å². The molecule has 0 aliphatic rings. The summed E-state index contributed by atoms with van der Waals surface area (Å²) in [7, 11) is 0. The number of benzene rings is 1. The summed E-state index contributed by atoms with van der Waals surface area (Å²) in [5.74, 6) is -0.368. The Morgan fingerprint density at radius 2 is 1.95 bits per heavy atom. The molecule has 1 aromatic rings. The van der Waals surface area contributed by atoms with E-state index in [-0.39, 0.29) is 5.97 Å². The van der Waals surface area contributed by atoms with E-state index in [4.69, 9.17) is 16.4 Å². The second kappa shape index (κ2) is 7.57. The van der Waals surface area contributed by atoms with Crippen LogP contribution >= 0.6 is 11.6 Å². The lowest BCUT2D eigenvalue weighted by atomic mass is 10.0. The van der Waals surface area contributed by atoms with Gasteiger partial charge in [-0.05, 0) is 46.0 Å². The molecule has 0 unspecified atom stereocenters. The van der Waals surface area contributed by atoms with Crippen LogP contribution in [-0.4, -0.2) is 35.2 Å². The number of hydrogen-bond donors (Lipinski definition) is 0. The predicted octanol–water partition coefficient (Wildman–Crippen LogP) is 3.73. The number of rotatable bonds is 6. The van der Waals surface area contributed by atoms with Gasteiger partial charge in [-0.15, -0.1) is 0 Å². The number of likely N-dealkylation sites (N-methyl/N-ethyl adjacent to an activating group) is 1. The van der Waals surface area contributed by atoms with Crippen LogP contribution in [0.1, 0.15) is 40.2 Å². The van der Waals surface area contributed by atoms with E-state index >= 15 is 0 Å². The van der Waals surface area contributed by atoms with E-state index in [2.05, 4.69) is 5.16 Å². The van der Waals surface area contributed by atoms with Gasteiger partial charge >= 0.3 is 5.97 Å². The van der Waals surface area contributed by atoms with E-state index in [1.54, 1.807) is 19.1 Å². The molecule has 0 aromatic heterocycles. The molecule has 0 aliphatic carbocycles. The summed E-state index contributed by atoms with van der Waals surface area (Å²) in [5.41, 5.74) is 0.735. The Morgan fingerprint density at radius 3 is 2.48 bits per heavy atom. The van der Waals surface area contributed by atoms with Crippen molar-refractivity contribution in [2.45, 2.75) is 40.2 Å². The van der Waals surface area contributed by atoms with Crippen LogP contribution in [-0.2, 0) is 9.63 Å². The molecule has 0 spiro atoms. The summed E-state index contributed by atoms with van der Waals surface area (Å²) >= 11 is 5.93. The van der Waals surface area contributed by atoms with Crippen molar-refractivity contribution >= 4 is 23.3 Å². The van der Waals surface area contributed by atoms with Gasteiger partial charge in [-0.2, -0.15) is 0 Å². The highest BCUT2D eigenvalue weighted by Crippen LogP contribution is 2.17. The number of halogens is 1.